The largest absolute Gasteiger partial charge is 0.493 e. The molecule has 3 nitrogen and oxygen atoms in total. The molecule has 0 bridgehead atoms. The summed E-state index contributed by atoms with van der Waals surface area (Å²) in [5.41, 5.74) is 7.48. The van der Waals surface area contributed by atoms with Crippen LogP contribution < -0.4 is 10.5 Å². The van der Waals surface area contributed by atoms with Crippen molar-refractivity contribution in [2.24, 2.45) is 5.73 Å². The Morgan fingerprint density at radius 2 is 1.84 bits per heavy atom. The Morgan fingerprint density at radius 3 is 2.58 bits per heavy atom. The molecule has 1 heterocycles. The first-order valence-corrected chi connectivity index (χ1v) is 6.29. The van der Waals surface area contributed by atoms with Crippen LogP contribution in [0.5, 0.6) is 5.75 Å². The number of hydrogen-bond acceptors (Lipinski definition) is 3. The molecule has 19 heavy (non-hydrogen) atoms. The van der Waals surface area contributed by atoms with Gasteiger partial charge in [-0.3, -0.25) is 4.98 Å². The van der Waals surface area contributed by atoms with E-state index in [1.807, 2.05) is 18.2 Å². The molecule has 0 saturated carbocycles. The quantitative estimate of drug-likeness (QED) is 0.867. The Labute approximate surface area is 112 Å². The number of halogens is 1. The van der Waals surface area contributed by atoms with Gasteiger partial charge in [-0.1, -0.05) is 0 Å². The van der Waals surface area contributed by atoms with Crippen molar-refractivity contribution in [3.63, 3.8) is 0 Å². The highest BCUT2D eigenvalue weighted by Gasteiger charge is 2.02. The van der Waals surface area contributed by atoms with Crippen molar-refractivity contribution < 1.29 is 9.13 Å². The van der Waals surface area contributed by atoms with Gasteiger partial charge in [0.1, 0.15) is 11.6 Å². The monoisotopic (exact) mass is 260 g/mol. The fraction of sp³-hybridized carbons (Fsp3) is 0.267. The summed E-state index contributed by atoms with van der Waals surface area (Å²) in [4.78, 5) is 3.95. The molecular weight excluding hydrogens is 243 g/mol. The highest BCUT2D eigenvalue weighted by molar-refractivity contribution is 5.30. The first-order chi connectivity index (χ1) is 9.28. The number of ether oxygens (including phenoxy) is 1. The minimum absolute atomic E-state index is 0.287. The standard InChI is InChI=1S/C15H17FN2O/c16-14-9-13(1-5-17)10-15(11-14)19-8-4-12-2-6-18-7-3-12/h2-3,6-7,9-11H,1,4-5,8,17H2. The molecule has 0 atom stereocenters. The van der Waals surface area contributed by atoms with Gasteiger partial charge in [-0.2, -0.15) is 0 Å². The highest BCUT2D eigenvalue weighted by atomic mass is 19.1. The van der Waals surface area contributed by atoms with Crippen LogP contribution in [0, 0.1) is 5.82 Å². The molecule has 2 N–H and O–H groups in total. The summed E-state index contributed by atoms with van der Waals surface area (Å²) < 4.78 is 18.9. The second kappa shape index (κ2) is 6.85. The van der Waals surface area contributed by atoms with Gasteiger partial charge in [-0.25, -0.2) is 4.39 Å². The highest BCUT2D eigenvalue weighted by Crippen LogP contribution is 2.17. The molecule has 2 aromatic rings. The van der Waals surface area contributed by atoms with E-state index >= 15 is 0 Å². The van der Waals surface area contributed by atoms with Crippen molar-refractivity contribution in [1.29, 1.82) is 0 Å². The lowest BCUT2D eigenvalue weighted by Gasteiger charge is -2.08. The molecule has 0 radical (unpaired) electrons. The van der Waals surface area contributed by atoms with Crippen LogP contribution in [0.1, 0.15) is 11.1 Å². The number of nitrogens with zero attached hydrogens (tertiary/aromatic N) is 1. The SMILES string of the molecule is NCCc1cc(F)cc(OCCc2ccncc2)c1. The molecule has 0 amide bonds. The summed E-state index contributed by atoms with van der Waals surface area (Å²) >= 11 is 0. The van der Waals surface area contributed by atoms with Gasteiger partial charge in [-0.05, 0) is 48.4 Å². The van der Waals surface area contributed by atoms with E-state index in [-0.39, 0.29) is 5.82 Å². The summed E-state index contributed by atoms with van der Waals surface area (Å²) in [5, 5.41) is 0. The molecule has 0 aliphatic carbocycles. The average Bonchev–Trinajstić information content (AvgIpc) is 2.40. The van der Waals surface area contributed by atoms with E-state index in [9.17, 15) is 4.39 Å². The van der Waals surface area contributed by atoms with Gasteiger partial charge in [0.05, 0.1) is 6.61 Å². The number of nitrogens with two attached hydrogens (primary N) is 1. The summed E-state index contributed by atoms with van der Waals surface area (Å²) in [6.07, 6.45) is 4.91. The van der Waals surface area contributed by atoms with Crippen molar-refractivity contribution in [3.8, 4) is 5.75 Å². The molecule has 0 aliphatic heterocycles. The third-order valence-electron chi connectivity index (χ3n) is 2.77. The molecule has 0 fully saturated rings. The predicted octanol–water partition coefficient (Wildman–Crippen LogP) is 2.34. The van der Waals surface area contributed by atoms with Gasteiger partial charge in [0.15, 0.2) is 0 Å². The van der Waals surface area contributed by atoms with Crippen LogP contribution in [0.15, 0.2) is 42.7 Å². The van der Waals surface area contributed by atoms with Gasteiger partial charge in [0, 0.05) is 24.9 Å². The maximum Gasteiger partial charge on any atom is 0.127 e. The second-order valence-corrected chi connectivity index (χ2v) is 4.29. The Kier molecular flexibility index (Phi) is 4.86. The Balaban J connectivity index is 1.92. The zero-order valence-electron chi connectivity index (χ0n) is 10.7. The van der Waals surface area contributed by atoms with E-state index in [4.69, 9.17) is 10.5 Å². The van der Waals surface area contributed by atoms with E-state index in [1.165, 1.54) is 12.1 Å². The molecule has 2 rings (SSSR count). The summed E-state index contributed by atoms with van der Waals surface area (Å²) in [7, 11) is 0. The zero-order valence-corrected chi connectivity index (χ0v) is 10.7. The molecule has 1 aromatic carbocycles. The van der Waals surface area contributed by atoms with Gasteiger partial charge in [0.2, 0.25) is 0 Å². The second-order valence-electron chi connectivity index (χ2n) is 4.29. The summed E-state index contributed by atoms with van der Waals surface area (Å²) in [6, 6.07) is 8.60. The van der Waals surface area contributed by atoms with E-state index in [1.54, 1.807) is 12.4 Å². The molecule has 0 spiro atoms. The number of hydrogen-bond donors (Lipinski definition) is 1. The molecule has 0 aliphatic rings. The van der Waals surface area contributed by atoms with Crippen LogP contribution in [0.4, 0.5) is 4.39 Å². The van der Waals surface area contributed by atoms with Crippen LogP contribution in [-0.2, 0) is 12.8 Å². The molecule has 4 heteroatoms. The van der Waals surface area contributed by atoms with Gasteiger partial charge in [-0.15, -0.1) is 0 Å². The summed E-state index contributed by atoms with van der Waals surface area (Å²) in [5.74, 6) is 0.266. The van der Waals surface area contributed by atoms with Crippen molar-refractivity contribution in [2.75, 3.05) is 13.2 Å². The zero-order chi connectivity index (χ0) is 13.5. The maximum absolute atomic E-state index is 13.4. The smallest absolute Gasteiger partial charge is 0.127 e. The van der Waals surface area contributed by atoms with Gasteiger partial charge in [0.25, 0.3) is 0 Å². The number of benzene rings is 1. The summed E-state index contributed by atoms with van der Waals surface area (Å²) in [6.45, 7) is 1.01. The lowest BCUT2D eigenvalue weighted by Crippen LogP contribution is -2.05. The fourth-order valence-electron chi connectivity index (χ4n) is 1.85. The van der Waals surface area contributed by atoms with Crippen molar-refractivity contribution in [3.05, 3.63) is 59.7 Å². The first kappa shape index (κ1) is 13.5. The number of aromatic nitrogens is 1. The fourth-order valence-corrected chi connectivity index (χ4v) is 1.85. The van der Waals surface area contributed by atoms with E-state index in [0.717, 1.165) is 17.5 Å². The van der Waals surface area contributed by atoms with Crippen LogP contribution in [0.3, 0.4) is 0 Å². The average molecular weight is 260 g/mol. The van der Waals surface area contributed by atoms with Crippen molar-refractivity contribution >= 4 is 0 Å². The molecule has 0 saturated heterocycles. The van der Waals surface area contributed by atoms with Gasteiger partial charge < -0.3 is 10.5 Å². The Bertz CT molecular complexity index is 517. The van der Waals surface area contributed by atoms with Gasteiger partial charge >= 0.3 is 0 Å². The third-order valence-corrected chi connectivity index (χ3v) is 2.77. The Hall–Kier alpha value is -1.94. The van der Waals surface area contributed by atoms with Crippen molar-refractivity contribution in [1.82, 2.24) is 4.98 Å². The van der Waals surface area contributed by atoms with Crippen LogP contribution in [-0.4, -0.2) is 18.1 Å². The van der Waals surface area contributed by atoms with Crippen LogP contribution in [0.25, 0.3) is 0 Å². The topological polar surface area (TPSA) is 48.1 Å². The predicted molar refractivity (Wildman–Crippen MR) is 72.6 cm³/mol. The maximum atomic E-state index is 13.4. The van der Waals surface area contributed by atoms with E-state index < -0.39 is 0 Å². The molecule has 100 valence electrons. The number of rotatable bonds is 6. The minimum atomic E-state index is -0.287. The van der Waals surface area contributed by atoms with Crippen LogP contribution in [0.2, 0.25) is 0 Å². The first-order valence-electron chi connectivity index (χ1n) is 6.29. The lowest BCUT2D eigenvalue weighted by molar-refractivity contribution is 0.320. The van der Waals surface area contributed by atoms with Crippen LogP contribution >= 0.6 is 0 Å². The lowest BCUT2D eigenvalue weighted by atomic mass is 10.1. The molecule has 1 aromatic heterocycles. The number of pyridine rings is 1. The van der Waals surface area contributed by atoms with E-state index in [0.29, 0.717) is 25.3 Å². The molecular formula is C15H17FN2O. The van der Waals surface area contributed by atoms with Crippen molar-refractivity contribution in [2.45, 2.75) is 12.8 Å². The normalized spacial score (nSPS) is 10.4. The third kappa shape index (κ3) is 4.34. The molecule has 0 unspecified atom stereocenters. The van der Waals surface area contributed by atoms with E-state index in [2.05, 4.69) is 4.98 Å². The minimum Gasteiger partial charge on any atom is -0.493 e. The Morgan fingerprint density at radius 1 is 1.05 bits per heavy atom.